The Balaban J connectivity index is 1.70. The van der Waals surface area contributed by atoms with Crippen LogP contribution in [0.4, 0.5) is 5.69 Å². The number of benzene rings is 1. The van der Waals surface area contributed by atoms with Gasteiger partial charge in [0.05, 0.1) is 11.3 Å². The van der Waals surface area contributed by atoms with Crippen LogP contribution in [0.3, 0.4) is 0 Å². The third kappa shape index (κ3) is 4.41. The van der Waals surface area contributed by atoms with Crippen LogP contribution in [-0.2, 0) is 0 Å². The number of piperidine rings is 2. The second-order valence-corrected chi connectivity index (χ2v) is 7.84. The second kappa shape index (κ2) is 8.01. The predicted octanol–water partition coefficient (Wildman–Crippen LogP) is 3.71. The van der Waals surface area contributed by atoms with E-state index in [1.165, 1.54) is 32.4 Å². The van der Waals surface area contributed by atoms with Gasteiger partial charge in [-0.15, -0.1) is 0 Å². The summed E-state index contributed by atoms with van der Waals surface area (Å²) >= 11 is 0. The van der Waals surface area contributed by atoms with Crippen LogP contribution < -0.4 is 4.90 Å². The average Bonchev–Trinajstić information content (AvgIpc) is 2.63. The number of nitriles is 1. The summed E-state index contributed by atoms with van der Waals surface area (Å²) in [4.78, 5) is 16.7. The fourth-order valence-electron chi connectivity index (χ4n) is 4.15. The normalized spacial score (nSPS) is 22.6. The van der Waals surface area contributed by atoms with Crippen molar-refractivity contribution in [2.45, 2.75) is 39.5 Å². The molecule has 0 bridgehead atoms. The Labute approximate surface area is 151 Å². The van der Waals surface area contributed by atoms with E-state index in [1.54, 1.807) is 19.1 Å². The molecule has 0 saturated carbocycles. The van der Waals surface area contributed by atoms with E-state index in [4.69, 9.17) is 0 Å². The molecule has 0 N–H and O–H groups in total. The first-order valence-corrected chi connectivity index (χ1v) is 9.59. The molecule has 2 aliphatic heterocycles. The summed E-state index contributed by atoms with van der Waals surface area (Å²) in [5.41, 5.74) is 2.31. The van der Waals surface area contributed by atoms with E-state index in [9.17, 15) is 10.1 Å². The molecule has 0 aliphatic carbocycles. The van der Waals surface area contributed by atoms with Crippen LogP contribution in [0.5, 0.6) is 0 Å². The first-order valence-electron chi connectivity index (χ1n) is 9.59. The highest BCUT2D eigenvalue weighted by molar-refractivity contribution is 5.95. The van der Waals surface area contributed by atoms with Gasteiger partial charge in [-0.25, -0.2) is 0 Å². The van der Waals surface area contributed by atoms with E-state index < -0.39 is 0 Å². The van der Waals surface area contributed by atoms with Gasteiger partial charge < -0.3 is 9.80 Å². The summed E-state index contributed by atoms with van der Waals surface area (Å²) in [5, 5.41) is 9.46. The number of Topliss-reactive ketones (excluding diaryl/α,β-unsaturated/α-hetero) is 1. The minimum absolute atomic E-state index is 0.0572. The monoisotopic (exact) mass is 339 g/mol. The summed E-state index contributed by atoms with van der Waals surface area (Å²) in [7, 11) is 0. The Morgan fingerprint density at radius 1 is 1.24 bits per heavy atom. The minimum Gasteiger partial charge on any atom is -0.370 e. The van der Waals surface area contributed by atoms with Gasteiger partial charge in [0.25, 0.3) is 0 Å². The molecule has 2 saturated heterocycles. The lowest BCUT2D eigenvalue weighted by atomic mass is 9.93. The topological polar surface area (TPSA) is 47.3 Å². The molecule has 0 amide bonds. The molecule has 1 aromatic carbocycles. The molecule has 0 spiro atoms. The smallest absolute Gasteiger partial charge is 0.159 e. The van der Waals surface area contributed by atoms with Crippen molar-refractivity contribution in [3.05, 3.63) is 29.3 Å². The van der Waals surface area contributed by atoms with Crippen LogP contribution in [0.25, 0.3) is 0 Å². The molecule has 134 valence electrons. The van der Waals surface area contributed by atoms with Gasteiger partial charge in [0.15, 0.2) is 5.78 Å². The summed E-state index contributed by atoms with van der Waals surface area (Å²) in [6, 6.07) is 7.76. The number of hydrogen-bond donors (Lipinski definition) is 0. The zero-order valence-corrected chi connectivity index (χ0v) is 15.5. The molecule has 2 fully saturated rings. The van der Waals surface area contributed by atoms with Crippen molar-refractivity contribution >= 4 is 11.5 Å². The van der Waals surface area contributed by atoms with E-state index in [-0.39, 0.29) is 5.78 Å². The number of hydrogen-bond acceptors (Lipinski definition) is 4. The van der Waals surface area contributed by atoms with Crippen LogP contribution in [0.15, 0.2) is 18.2 Å². The number of nitrogens with zero attached hydrogens (tertiary/aromatic N) is 3. The Kier molecular flexibility index (Phi) is 5.75. The van der Waals surface area contributed by atoms with Crippen molar-refractivity contribution < 1.29 is 4.79 Å². The molecule has 0 radical (unpaired) electrons. The summed E-state index contributed by atoms with van der Waals surface area (Å²) in [6.07, 6.45) is 5.05. The molecule has 3 rings (SSSR count). The van der Waals surface area contributed by atoms with Gasteiger partial charge >= 0.3 is 0 Å². The standard InChI is InChI=1S/C21H29N3O/c1-16-7-10-23(11-8-16)14-18-4-3-9-24(15-18)21-12-19(17(2)25)5-6-20(21)13-22/h5-6,12,16,18H,3-4,7-11,14-15H2,1-2H3. The molecule has 0 aromatic heterocycles. The molecule has 4 heteroatoms. The fourth-order valence-corrected chi connectivity index (χ4v) is 4.15. The second-order valence-electron chi connectivity index (χ2n) is 7.84. The van der Waals surface area contributed by atoms with Crippen LogP contribution in [0.1, 0.15) is 55.5 Å². The maximum Gasteiger partial charge on any atom is 0.159 e. The van der Waals surface area contributed by atoms with E-state index >= 15 is 0 Å². The average molecular weight is 339 g/mol. The molecule has 1 aromatic rings. The zero-order chi connectivity index (χ0) is 17.8. The third-order valence-electron chi connectivity index (χ3n) is 5.78. The Bertz CT molecular complexity index is 656. The minimum atomic E-state index is 0.0572. The molecule has 1 unspecified atom stereocenters. The van der Waals surface area contributed by atoms with E-state index in [0.29, 0.717) is 17.0 Å². The number of anilines is 1. The molecule has 25 heavy (non-hydrogen) atoms. The number of carbonyl (C=O) groups is 1. The molecule has 2 heterocycles. The molecule has 4 nitrogen and oxygen atoms in total. The predicted molar refractivity (Wildman–Crippen MR) is 101 cm³/mol. The molecular formula is C21H29N3O. The maximum atomic E-state index is 11.7. The van der Waals surface area contributed by atoms with Crippen molar-refractivity contribution in [1.82, 2.24) is 4.90 Å². The van der Waals surface area contributed by atoms with Gasteiger partial charge in [-0.1, -0.05) is 6.92 Å². The van der Waals surface area contributed by atoms with E-state index in [2.05, 4.69) is 22.8 Å². The summed E-state index contributed by atoms with van der Waals surface area (Å²) in [6.45, 7) is 9.51. The van der Waals surface area contributed by atoms with E-state index in [1.807, 2.05) is 6.07 Å². The summed E-state index contributed by atoms with van der Waals surface area (Å²) in [5.74, 6) is 1.57. The van der Waals surface area contributed by atoms with E-state index in [0.717, 1.165) is 37.7 Å². The lowest BCUT2D eigenvalue weighted by Crippen LogP contribution is -2.43. The van der Waals surface area contributed by atoms with Crippen LogP contribution in [-0.4, -0.2) is 43.4 Å². The first kappa shape index (κ1) is 17.9. The highest BCUT2D eigenvalue weighted by Crippen LogP contribution is 2.28. The SMILES string of the molecule is CC(=O)c1ccc(C#N)c(N2CCCC(CN3CCC(C)CC3)C2)c1. The van der Waals surface area contributed by atoms with Crippen molar-refractivity contribution in [3.63, 3.8) is 0 Å². The van der Waals surface area contributed by atoms with Crippen molar-refractivity contribution in [2.24, 2.45) is 11.8 Å². The van der Waals surface area contributed by atoms with Crippen LogP contribution in [0.2, 0.25) is 0 Å². The maximum absolute atomic E-state index is 11.7. The van der Waals surface area contributed by atoms with Gasteiger partial charge in [-0.2, -0.15) is 5.26 Å². The van der Waals surface area contributed by atoms with Gasteiger partial charge in [0.1, 0.15) is 6.07 Å². The molecule has 1 atom stereocenters. The van der Waals surface area contributed by atoms with Gasteiger partial charge in [-0.05, 0) is 75.7 Å². The van der Waals surface area contributed by atoms with Gasteiger partial charge in [0, 0.05) is 25.2 Å². The van der Waals surface area contributed by atoms with Gasteiger partial charge in [-0.3, -0.25) is 4.79 Å². The summed E-state index contributed by atoms with van der Waals surface area (Å²) < 4.78 is 0. The fraction of sp³-hybridized carbons (Fsp3) is 0.619. The Morgan fingerprint density at radius 3 is 2.68 bits per heavy atom. The van der Waals surface area contributed by atoms with Crippen molar-refractivity contribution in [3.8, 4) is 6.07 Å². The number of carbonyl (C=O) groups excluding carboxylic acids is 1. The van der Waals surface area contributed by atoms with Gasteiger partial charge in [0.2, 0.25) is 0 Å². The zero-order valence-electron chi connectivity index (χ0n) is 15.5. The Morgan fingerprint density at radius 2 is 2.00 bits per heavy atom. The van der Waals surface area contributed by atoms with Crippen molar-refractivity contribution in [1.29, 1.82) is 5.26 Å². The lowest BCUT2D eigenvalue weighted by Gasteiger charge is -2.39. The Hall–Kier alpha value is -1.86. The first-order chi connectivity index (χ1) is 12.1. The molecule has 2 aliphatic rings. The molecular weight excluding hydrogens is 310 g/mol. The highest BCUT2D eigenvalue weighted by Gasteiger charge is 2.25. The lowest BCUT2D eigenvalue weighted by molar-refractivity contribution is 0.101. The largest absolute Gasteiger partial charge is 0.370 e. The van der Waals surface area contributed by atoms with Crippen LogP contribution >= 0.6 is 0 Å². The van der Waals surface area contributed by atoms with Crippen LogP contribution in [0, 0.1) is 23.2 Å². The quantitative estimate of drug-likeness (QED) is 0.785. The number of ketones is 1. The number of likely N-dealkylation sites (tertiary alicyclic amines) is 1. The third-order valence-corrected chi connectivity index (χ3v) is 5.78. The van der Waals surface area contributed by atoms with Crippen molar-refractivity contribution in [2.75, 3.05) is 37.6 Å². The highest BCUT2D eigenvalue weighted by atomic mass is 16.1. The number of rotatable bonds is 4.